The van der Waals surface area contributed by atoms with Crippen LogP contribution in [0.4, 0.5) is 4.79 Å². The molecule has 1 aliphatic rings. The Bertz CT molecular complexity index is 718. The van der Waals surface area contributed by atoms with Gasteiger partial charge in [-0.1, -0.05) is 30.3 Å². The molecule has 1 saturated heterocycles. The quantitative estimate of drug-likeness (QED) is 0.834. The van der Waals surface area contributed by atoms with Gasteiger partial charge in [-0.05, 0) is 42.9 Å². The summed E-state index contributed by atoms with van der Waals surface area (Å²) < 4.78 is 10.7. The SMILES string of the molecule is COc1cc(C)c(C2CCCCN2C(=O)OCc2ccccc2)cn1. The van der Waals surface area contributed by atoms with Gasteiger partial charge in [-0.15, -0.1) is 0 Å². The Morgan fingerprint density at radius 3 is 2.80 bits per heavy atom. The average Bonchev–Trinajstić information content (AvgIpc) is 2.67. The van der Waals surface area contributed by atoms with Crippen LogP contribution in [0.15, 0.2) is 42.6 Å². The van der Waals surface area contributed by atoms with Gasteiger partial charge in [-0.2, -0.15) is 0 Å². The van der Waals surface area contributed by atoms with Crippen molar-refractivity contribution in [2.75, 3.05) is 13.7 Å². The van der Waals surface area contributed by atoms with Gasteiger partial charge in [0.15, 0.2) is 0 Å². The van der Waals surface area contributed by atoms with E-state index < -0.39 is 0 Å². The third kappa shape index (κ3) is 4.10. The van der Waals surface area contributed by atoms with Crippen LogP contribution in [0.3, 0.4) is 0 Å². The highest BCUT2D eigenvalue weighted by atomic mass is 16.6. The van der Waals surface area contributed by atoms with Gasteiger partial charge in [0.05, 0.1) is 13.2 Å². The molecule has 1 unspecified atom stereocenters. The summed E-state index contributed by atoms with van der Waals surface area (Å²) >= 11 is 0. The molecule has 0 spiro atoms. The molecule has 5 heteroatoms. The Morgan fingerprint density at radius 2 is 2.08 bits per heavy atom. The second kappa shape index (κ2) is 8.01. The summed E-state index contributed by atoms with van der Waals surface area (Å²) in [7, 11) is 1.61. The molecular weight excluding hydrogens is 316 g/mol. The van der Waals surface area contributed by atoms with E-state index in [2.05, 4.69) is 4.98 Å². The van der Waals surface area contributed by atoms with Crippen molar-refractivity contribution >= 4 is 6.09 Å². The zero-order valence-corrected chi connectivity index (χ0v) is 14.8. The first-order valence-corrected chi connectivity index (χ1v) is 8.67. The van der Waals surface area contributed by atoms with Gasteiger partial charge in [0.25, 0.3) is 0 Å². The van der Waals surface area contributed by atoms with Gasteiger partial charge in [-0.3, -0.25) is 0 Å². The first-order chi connectivity index (χ1) is 12.2. The van der Waals surface area contributed by atoms with Crippen molar-refractivity contribution in [3.8, 4) is 5.88 Å². The van der Waals surface area contributed by atoms with Crippen molar-refractivity contribution in [1.82, 2.24) is 9.88 Å². The highest BCUT2D eigenvalue weighted by Gasteiger charge is 2.30. The monoisotopic (exact) mass is 340 g/mol. The summed E-state index contributed by atoms with van der Waals surface area (Å²) in [5.41, 5.74) is 3.14. The van der Waals surface area contributed by atoms with E-state index in [4.69, 9.17) is 9.47 Å². The molecule has 0 saturated carbocycles. The number of piperidine rings is 1. The molecule has 1 amide bonds. The molecule has 1 fully saturated rings. The van der Waals surface area contributed by atoms with Crippen LogP contribution >= 0.6 is 0 Å². The number of hydrogen-bond donors (Lipinski definition) is 0. The molecule has 1 atom stereocenters. The molecule has 1 aromatic carbocycles. The predicted molar refractivity (Wildman–Crippen MR) is 95.5 cm³/mol. The van der Waals surface area contributed by atoms with E-state index in [-0.39, 0.29) is 12.1 Å². The zero-order valence-electron chi connectivity index (χ0n) is 14.8. The summed E-state index contributed by atoms with van der Waals surface area (Å²) in [4.78, 5) is 18.8. The molecule has 0 bridgehead atoms. The van der Waals surface area contributed by atoms with Crippen LogP contribution in [0.2, 0.25) is 0 Å². The molecule has 1 aliphatic heterocycles. The van der Waals surface area contributed by atoms with Gasteiger partial charge >= 0.3 is 6.09 Å². The summed E-state index contributed by atoms with van der Waals surface area (Å²) in [5, 5.41) is 0. The van der Waals surface area contributed by atoms with E-state index in [1.54, 1.807) is 7.11 Å². The van der Waals surface area contributed by atoms with Gasteiger partial charge in [0, 0.05) is 18.8 Å². The van der Waals surface area contributed by atoms with Gasteiger partial charge < -0.3 is 14.4 Å². The fraction of sp³-hybridized carbons (Fsp3) is 0.400. The largest absolute Gasteiger partial charge is 0.481 e. The third-order valence-electron chi connectivity index (χ3n) is 4.64. The Balaban J connectivity index is 1.73. The summed E-state index contributed by atoms with van der Waals surface area (Å²) in [6.07, 6.45) is 4.58. The van der Waals surface area contributed by atoms with Crippen molar-refractivity contribution in [2.24, 2.45) is 0 Å². The summed E-state index contributed by atoms with van der Waals surface area (Å²) in [5.74, 6) is 0.593. The van der Waals surface area contributed by atoms with Crippen molar-refractivity contribution in [2.45, 2.75) is 38.8 Å². The maximum absolute atomic E-state index is 12.6. The number of aromatic nitrogens is 1. The molecule has 2 heterocycles. The van der Waals surface area contributed by atoms with Crippen LogP contribution in [0, 0.1) is 6.92 Å². The van der Waals surface area contributed by atoms with Gasteiger partial charge in [0.2, 0.25) is 5.88 Å². The number of methoxy groups -OCH3 is 1. The Morgan fingerprint density at radius 1 is 1.28 bits per heavy atom. The van der Waals surface area contributed by atoms with E-state index >= 15 is 0 Å². The van der Waals surface area contributed by atoms with E-state index in [9.17, 15) is 4.79 Å². The second-order valence-electron chi connectivity index (χ2n) is 6.33. The van der Waals surface area contributed by atoms with E-state index in [1.807, 2.05) is 54.4 Å². The van der Waals surface area contributed by atoms with Crippen LogP contribution in [0.5, 0.6) is 5.88 Å². The lowest BCUT2D eigenvalue weighted by atomic mass is 9.94. The number of pyridine rings is 1. The fourth-order valence-corrected chi connectivity index (χ4v) is 3.28. The Kier molecular flexibility index (Phi) is 5.53. The predicted octanol–water partition coefficient (Wildman–Crippen LogP) is 4.26. The Labute approximate surface area is 148 Å². The van der Waals surface area contributed by atoms with Crippen molar-refractivity contribution in [3.05, 3.63) is 59.3 Å². The highest BCUT2D eigenvalue weighted by molar-refractivity contribution is 5.68. The lowest BCUT2D eigenvalue weighted by Crippen LogP contribution is -2.39. The minimum Gasteiger partial charge on any atom is -0.481 e. The molecule has 0 N–H and O–H groups in total. The molecule has 25 heavy (non-hydrogen) atoms. The molecular formula is C20H24N2O3. The maximum atomic E-state index is 12.6. The number of carbonyl (C=O) groups is 1. The number of ether oxygens (including phenoxy) is 2. The smallest absolute Gasteiger partial charge is 0.410 e. The molecule has 3 rings (SSSR count). The molecule has 132 valence electrons. The average molecular weight is 340 g/mol. The number of benzene rings is 1. The molecule has 5 nitrogen and oxygen atoms in total. The second-order valence-corrected chi connectivity index (χ2v) is 6.33. The number of likely N-dealkylation sites (tertiary alicyclic amines) is 1. The number of rotatable bonds is 4. The van der Waals surface area contributed by atoms with Gasteiger partial charge in [0.1, 0.15) is 6.61 Å². The first kappa shape index (κ1) is 17.3. The molecule has 0 aliphatic carbocycles. The normalized spacial score (nSPS) is 17.2. The zero-order chi connectivity index (χ0) is 17.6. The van der Waals surface area contributed by atoms with Crippen LogP contribution in [0.25, 0.3) is 0 Å². The lowest BCUT2D eigenvalue weighted by molar-refractivity contribution is 0.0677. The minimum absolute atomic E-state index is 0.00966. The number of nitrogens with zero attached hydrogens (tertiary/aromatic N) is 2. The van der Waals surface area contributed by atoms with Crippen molar-refractivity contribution in [1.29, 1.82) is 0 Å². The first-order valence-electron chi connectivity index (χ1n) is 8.67. The highest BCUT2D eigenvalue weighted by Crippen LogP contribution is 2.33. The number of hydrogen-bond acceptors (Lipinski definition) is 4. The van der Waals surface area contributed by atoms with Crippen LogP contribution in [-0.2, 0) is 11.3 Å². The maximum Gasteiger partial charge on any atom is 0.410 e. The van der Waals surface area contributed by atoms with E-state index in [1.165, 1.54) is 0 Å². The lowest BCUT2D eigenvalue weighted by Gasteiger charge is -2.35. The molecule has 2 aromatic rings. The van der Waals surface area contributed by atoms with E-state index in [0.29, 0.717) is 19.0 Å². The number of amides is 1. The van der Waals surface area contributed by atoms with E-state index in [0.717, 1.165) is 36.0 Å². The van der Waals surface area contributed by atoms with Crippen molar-refractivity contribution < 1.29 is 14.3 Å². The number of aryl methyl sites for hydroxylation is 1. The minimum atomic E-state index is -0.260. The topological polar surface area (TPSA) is 51.7 Å². The van der Waals surface area contributed by atoms with Crippen molar-refractivity contribution in [3.63, 3.8) is 0 Å². The fourth-order valence-electron chi connectivity index (χ4n) is 3.28. The molecule has 1 aromatic heterocycles. The third-order valence-corrected chi connectivity index (χ3v) is 4.64. The standard InChI is InChI=1S/C20H24N2O3/c1-15-12-19(24-2)21-13-17(15)18-10-6-7-11-22(18)20(23)25-14-16-8-4-3-5-9-16/h3-5,8-9,12-13,18H,6-7,10-11,14H2,1-2H3. The van der Waals surface area contributed by atoms with Gasteiger partial charge in [-0.25, -0.2) is 9.78 Å². The summed E-state index contributed by atoms with van der Waals surface area (Å²) in [6.45, 7) is 3.04. The number of carbonyl (C=O) groups excluding carboxylic acids is 1. The Hall–Kier alpha value is -2.56. The van der Waals surface area contributed by atoms with Crippen LogP contribution in [0.1, 0.15) is 42.0 Å². The molecule has 0 radical (unpaired) electrons. The summed E-state index contributed by atoms with van der Waals surface area (Å²) in [6, 6.07) is 11.7. The van der Waals surface area contributed by atoms with Crippen LogP contribution in [-0.4, -0.2) is 29.6 Å². The van der Waals surface area contributed by atoms with Crippen LogP contribution < -0.4 is 4.74 Å².